The van der Waals surface area contributed by atoms with Crippen LogP contribution in [0.15, 0.2) is 30.9 Å². The number of likely N-dealkylation sites (N-methyl/N-ethyl adjacent to an activating group) is 1. The SMILES string of the molecule is CCc1nc(Nc2nccc(-c3cnccn3)n2)nc(N2CCN(C)CC2)n1. The maximum absolute atomic E-state index is 4.59. The molecule has 1 aliphatic rings. The van der Waals surface area contributed by atoms with E-state index < -0.39 is 0 Å². The van der Waals surface area contributed by atoms with Crippen molar-refractivity contribution in [3.8, 4) is 11.4 Å². The maximum Gasteiger partial charge on any atom is 0.234 e. The largest absolute Gasteiger partial charge is 0.338 e. The van der Waals surface area contributed by atoms with Crippen molar-refractivity contribution in [3.63, 3.8) is 0 Å². The van der Waals surface area contributed by atoms with Crippen molar-refractivity contribution in [1.29, 1.82) is 0 Å². The second-order valence-electron chi connectivity index (χ2n) is 6.50. The standard InChI is InChI=1S/C18H22N10/c1-3-15-23-17(26-18(24-15)28-10-8-27(2)9-11-28)25-16-21-5-4-13(22-16)14-12-19-6-7-20-14/h4-7,12H,3,8-11H2,1-2H3,(H,21,22,23,24,25,26). The van der Waals surface area contributed by atoms with E-state index in [0.717, 1.165) is 38.4 Å². The smallest absolute Gasteiger partial charge is 0.234 e. The predicted molar refractivity (Wildman–Crippen MR) is 105 cm³/mol. The Morgan fingerprint density at radius 1 is 0.893 bits per heavy atom. The number of nitrogens with zero attached hydrogens (tertiary/aromatic N) is 9. The van der Waals surface area contributed by atoms with E-state index in [-0.39, 0.29) is 0 Å². The molecule has 28 heavy (non-hydrogen) atoms. The molecule has 0 spiro atoms. The molecule has 1 aliphatic heterocycles. The number of piperazine rings is 1. The molecule has 0 radical (unpaired) electrons. The second-order valence-corrected chi connectivity index (χ2v) is 6.50. The molecule has 3 aromatic heterocycles. The maximum atomic E-state index is 4.59. The van der Waals surface area contributed by atoms with Crippen LogP contribution in [0.2, 0.25) is 0 Å². The molecular weight excluding hydrogens is 356 g/mol. The van der Waals surface area contributed by atoms with E-state index in [4.69, 9.17) is 0 Å². The number of nitrogens with one attached hydrogen (secondary N) is 1. The minimum atomic E-state index is 0.403. The van der Waals surface area contributed by atoms with Crippen LogP contribution in [0.1, 0.15) is 12.7 Å². The number of anilines is 3. The van der Waals surface area contributed by atoms with Crippen LogP contribution in [-0.2, 0) is 6.42 Å². The van der Waals surface area contributed by atoms with Crippen molar-refractivity contribution in [1.82, 2.24) is 39.8 Å². The van der Waals surface area contributed by atoms with Gasteiger partial charge < -0.3 is 9.80 Å². The van der Waals surface area contributed by atoms with Gasteiger partial charge in [-0.3, -0.25) is 15.3 Å². The molecule has 1 N–H and O–H groups in total. The van der Waals surface area contributed by atoms with Gasteiger partial charge in [0, 0.05) is 51.2 Å². The van der Waals surface area contributed by atoms with Crippen molar-refractivity contribution in [2.75, 3.05) is 43.4 Å². The molecule has 4 heterocycles. The summed E-state index contributed by atoms with van der Waals surface area (Å²) in [5, 5.41) is 3.11. The van der Waals surface area contributed by atoms with Gasteiger partial charge in [-0.15, -0.1) is 0 Å². The summed E-state index contributed by atoms with van der Waals surface area (Å²) in [6, 6.07) is 1.79. The van der Waals surface area contributed by atoms with E-state index >= 15 is 0 Å². The summed E-state index contributed by atoms with van der Waals surface area (Å²) >= 11 is 0. The highest BCUT2D eigenvalue weighted by Gasteiger charge is 2.18. The molecule has 0 saturated carbocycles. The molecule has 10 nitrogen and oxygen atoms in total. The quantitative estimate of drug-likeness (QED) is 0.695. The average Bonchev–Trinajstić information content (AvgIpc) is 2.75. The molecule has 1 fully saturated rings. The molecule has 0 amide bonds. The van der Waals surface area contributed by atoms with Gasteiger partial charge in [0.25, 0.3) is 0 Å². The molecule has 3 aromatic rings. The van der Waals surface area contributed by atoms with E-state index in [1.54, 1.807) is 30.9 Å². The highest BCUT2D eigenvalue weighted by molar-refractivity contribution is 5.55. The van der Waals surface area contributed by atoms with Gasteiger partial charge in [-0.1, -0.05) is 6.92 Å². The van der Waals surface area contributed by atoms with Crippen LogP contribution in [0.25, 0.3) is 11.4 Å². The van der Waals surface area contributed by atoms with Gasteiger partial charge in [-0.2, -0.15) is 15.0 Å². The lowest BCUT2D eigenvalue weighted by Crippen LogP contribution is -2.45. The van der Waals surface area contributed by atoms with Gasteiger partial charge in [0.15, 0.2) is 0 Å². The molecular formula is C18H22N10. The Morgan fingerprint density at radius 3 is 2.50 bits per heavy atom. The molecule has 4 rings (SSSR count). The van der Waals surface area contributed by atoms with Gasteiger partial charge in [0.1, 0.15) is 11.5 Å². The summed E-state index contributed by atoms with van der Waals surface area (Å²) in [6.07, 6.45) is 7.31. The van der Waals surface area contributed by atoms with E-state index in [1.165, 1.54) is 0 Å². The van der Waals surface area contributed by atoms with Gasteiger partial charge in [-0.25, -0.2) is 9.97 Å². The number of rotatable bonds is 5. The zero-order chi connectivity index (χ0) is 19.3. The molecule has 0 atom stereocenters. The van der Waals surface area contributed by atoms with E-state index in [2.05, 4.69) is 57.1 Å². The van der Waals surface area contributed by atoms with E-state index in [0.29, 0.717) is 29.2 Å². The van der Waals surface area contributed by atoms with Crippen molar-refractivity contribution >= 4 is 17.8 Å². The minimum Gasteiger partial charge on any atom is -0.338 e. The van der Waals surface area contributed by atoms with Crippen LogP contribution in [0.3, 0.4) is 0 Å². The Morgan fingerprint density at radius 2 is 1.75 bits per heavy atom. The first-order valence-corrected chi connectivity index (χ1v) is 9.26. The summed E-state index contributed by atoms with van der Waals surface area (Å²) in [4.78, 5) is 35.3. The lowest BCUT2D eigenvalue weighted by atomic mass is 10.3. The van der Waals surface area contributed by atoms with Crippen LogP contribution in [0, 0.1) is 0 Å². The average molecular weight is 378 g/mol. The molecule has 0 bridgehead atoms. The third kappa shape index (κ3) is 4.17. The van der Waals surface area contributed by atoms with Crippen LogP contribution >= 0.6 is 0 Å². The summed E-state index contributed by atoms with van der Waals surface area (Å²) in [6.45, 7) is 5.78. The van der Waals surface area contributed by atoms with Crippen molar-refractivity contribution in [2.24, 2.45) is 0 Å². The topological polar surface area (TPSA) is 109 Å². The van der Waals surface area contributed by atoms with Gasteiger partial charge in [-0.05, 0) is 13.1 Å². The van der Waals surface area contributed by atoms with Gasteiger partial charge >= 0.3 is 0 Å². The summed E-state index contributed by atoms with van der Waals surface area (Å²) in [5.41, 5.74) is 1.35. The van der Waals surface area contributed by atoms with Crippen molar-refractivity contribution in [2.45, 2.75) is 13.3 Å². The second kappa shape index (κ2) is 8.17. The summed E-state index contributed by atoms with van der Waals surface area (Å²) < 4.78 is 0. The van der Waals surface area contributed by atoms with Crippen LogP contribution in [-0.4, -0.2) is 73.0 Å². The minimum absolute atomic E-state index is 0.403. The number of aromatic nitrogens is 7. The lowest BCUT2D eigenvalue weighted by molar-refractivity contribution is 0.311. The first-order chi connectivity index (χ1) is 13.7. The molecule has 0 unspecified atom stereocenters. The fourth-order valence-corrected chi connectivity index (χ4v) is 2.86. The first-order valence-electron chi connectivity index (χ1n) is 9.26. The number of aryl methyl sites for hydroxylation is 1. The predicted octanol–water partition coefficient (Wildman–Crippen LogP) is 1.18. The Hall–Kier alpha value is -3.27. The van der Waals surface area contributed by atoms with Crippen LogP contribution in [0.5, 0.6) is 0 Å². The first kappa shape index (κ1) is 18.1. The molecule has 1 saturated heterocycles. The zero-order valence-electron chi connectivity index (χ0n) is 15.9. The van der Waals surface area contributed by atoms with Crippen LogP contribution in [0.4, 0.5) is 17.8 Å². The van der Waals surface area contributed by atoms with Gasteiger partial charge in [0.2, 0.25) is 17.8 Å². The normalized spacial score (nSPS) is 14.9. The van der Waals surface area contributed by atoms with Crippen molar-refractivity contribution < 1.29 is 0 Å². The number of hydrogen-bond donors (Lipinski definition) is 1. The summed E-state index contributed by atoms with van der Waals surface area (Å²) in [7, 11) is 2.12. The third-order valence-corrected chi connectivity index (χ3v) is 4.48. The Kier molecular flexibility index (Phi) is 5.29. The molecule has 0 aromatic carbocycles. The monoisotopic (exact) mass is 378 g/mol. The highest BCUT2D eigenvalue weighted by atomic mass is 15.3. The fourth-order valence-electron chi connectivity index (χ4n) is 2.86. The Balaban J connectivity index is 1.58. The van der Waals surface area contributed by atoms with E-state index in [9.17, 15) is 0 Å². The fraction of sp³-hybridized carbons (Fsp3) is 0.389. The van der Waals surface area contributed by atoms with Crippen molar-refractivity contribution in [3.05, 3.63) is 36.7 Å². The highest BCUT2D eigenvalue weighted by Crippen LogP contribution is 2.18. The van der Waals surface area contributed by atoms with E-state index in [1.807, 2.05) is 6.92 Å². The van der Waals surface area contributed by atoms with Gasteiger partial charge in [0.05, 0.1) is 11.9 Å². The number of hydrogen-bond acceptors (Lipinski definition) is 10. The molecule has 10 heteroatoms. The Bertz CT molecular complexity index is 925. The third-order valence-electron chi connectivity index (χ3n) is 4.48. The van der Waals surface area contributed by atoms with Crippen LogP contribution < -0.4 is 10.2 Å². The summed E-state index contributed by atoms with van der Waals surface area (Å²) in [5.74, 6) is 2.27. The molecule has 144 valence electrons. The zero-order valence-corrected chi connectivity index (χ0v) is 15.9. The molecule has 0 aliphatic carbocycles. The lowest BCUT2D eigenvalue weighted by Gasteiger charge is -2.32. The Labute approximate surface area is 163 Å².